The number of methoxy groups -OCH3 is 2. The molecule has 1 saturated heterocycles. The summed E-state index contributed by atoms with van der Waals surface area (Å²) < 4.78 is 10.6. The number of hydrogen-bond acceptors (Lipinski definition) is 6. The third-order valence-electron chi connectivity index (χ3n) is 5.06. The van der Waals surface area contributed by atoms with Gasteiger partial charge in [-0.05, 0) is 44.5 Å². The fourth-order valence-corrected chi connectivity index (χ4v) is 3.54. The zero-order valence-electron chi connectivity index (χ0n) is 16.2. The molecule has 1 aliphatic heterocycles. The van der Waals surface area contributed by atoms with Crippen LogP contribution in [-0.2, 0) is 6.54 Å². The van der Waals surface area contributed by atoms with Crippen molar-refractivity contribution in [3.8, 4) is 11.5 Å². The smallest absolute Gasteiger partial charge is 0.258 e. The number of benzene rings is 1. The van der Waals surface area contributed by atoms with Gasteiger partial charge in [0.25, 0.3) is 5.56 Å². The molecule has 1 aromatic heterocycles. The van der Waals surface area contributed by atoms with Gasteiger partial charge < -0.3 is 19.8 Å². The highest BCUT2D eigenvalue weighted by Crippen LogP contribution is 2.30. The lowest BCUT2D eigenvalue weighted by Crippen LogP contribution is -2.36. The topological polar surface area (TPSA) is 79.5 Å². The van der Waals surface area contributed by atoms with Crippen LogP contribution in [0.1, 0.15) is 25.6 Å². The van der Waals surface area contributed by atoms with Crippen LogP contribution >= 0.6 is 12.4 Å². The van der Waals surface area contributed by atoms with Crippen LogP contribution in [0.25, 0.3) is 10.9 Å². The Labute approximate surface area is 165 Å². The largest absolute Gasteiger partial charge is 0.493 e. The van der Waals surface area contributed by atoms with Gasteiger partial charge in [0, 0.05) is 12.6 Å². The Kier molecular flexibility index (Phi) is 7.89. The van der Waals surface area contributed by atoms with Crippen molar-refractivity contribution in [3.63, 3.8) is 0 Å². The standard InChI is InChI=1S/C19H28N4O3.ClH/c1-4-23(11-13-5-7-20-8-6-13)12-18-21-15-10-17(26-3)16(25-2)9-14(15)19(24)22-18;/h9-10,13,20H,4-8,11-12H2,1-3H3,(H,21,22,24);1H. The van der Waals surface area contributed by atoms with Gasteiger partial charge in [0.1, 0.15) is 5.82 Å². The molecule has 0 spiro atoms. The number of piperidine rings is 1. The predicted molar refractivity (Wildman–Crippen MR) is 109 cm³/mol. The van der Waals surface area contributed by atoms with Crippen LogP contribution in [0.15, 0.2) is 16.9 Å². The number of aromatic amines is 1. The molecule has 1 aromatic carbocycles. The van der Waals surface area contributed by atoms with E-state index < -0.39 is 0 Å². The van der Waals surface area contributed by atoms with E-state index in [0.29, 0.717) is 40.7 Å². The van der Waals surface area contributed by atoms with Gasteiger partial charge in [0.15, 0.2) is 11.5 Å². The van der Waals surface area contributed by atoms with Gasteiger partial charge >= 0.3 is 0 Å². The van der Waals surface area contributed by atoms with E-state index in [1.807, 2.05) is 0 Å². The molecule has 2 aromatic rings. The van der Waals surface area contributed by atoms with Crippen LogP contribution in [0, 0.1) is 5.92 Å². The molecule has 0 atom stereocenters. The average Bonchev–Trinajstić information content (AvgIpc) is 2.67. The first-order chi connectivity index (χ1) is 12.6. The van der Waals surface area contributed by atoms with E-state index in [9.17, 15) is 4.79 Å². The quantitative estimate of drug-likeness (QED) is 0.746. The molecule has 2 N–H and O–H groups in total. The van der Waals surface area contributed by atoms with E-state index in [4.69, 9.17) is 9.47 Å². The summed E-state index contributed by atoms with van der Waals surface area (Å²) in [6.07, 6.45) is 2.41. The normalized spacial score (nSPS) is 15.0. The Bertz CT molecular complexity index is 805. The molecule has 0 aliphatic carbocycles. The number of nitrogens with one attached hydrogen (secondary N) is 2. The molecule has 27 heavy (non-hydrogen) atoms. The lowest BCUT2D eigenvalue weighted by Gasteiger charge is -2.29. The number of nitrogens with zero attached hydrogens (tertiary/aromatic N) is 2. The van der Waals surface area contributed by atoms with Crippen molar-refractivity contribution in [1.29, 1.82) is 0 Å². The van der Waals surface area contributed by atoms with Crippen molar-refractivity contribution in [1.82, 2.24) is 20.2 Å². The van der Waals surface area contributed by atoms with E-state index in [-0.39, 0.29) is 18.0 Å². The summed E-state index contributed by atoms with van der Waals surface area (Å²) in [7, 11) is 3.13. The minimum atomic E-state index is -0.149. The average molecular weight is 397 g/mol. The van der Waals surface area contributed by atoms with Gasteiger partial charge in [-0.2, -0.15) is 0 Å². The number of hydrogen-bond donors (Lipinski definition) is 2. The second-order valence-electron chi connectivity index (χ2n) is 6.76. The van der Waals surface area contributed by atoms with Crippen LogP contribution in [0.4, 0.5) is 0 Å². The molecule has 8 heteroatoms. The minimum Gasteiger partial charge on any atom is -0.493 e. The number of ether oxygens (including phenoxy) is 2. The Morgan fingerprint density at radius 2 is 1.85 bits per heavy atom. The number of halogens is 1. The summed E-state index contributed by atoms with van der Waals surface area (Å²) >= 11 is 0. The maximum atomic E-state index is 12.5. The number of rotatable bonds is 7. The Morgan fingerprint density at radius 3 is 2.48 bits per heavy atom. The Balaban J connectivity index is 0.00000261. The number of fused-ring (bicyclic) bond motifs is 1. The molecule has 0 saturated carbocycles. The zero-order valence-corrected chi connectivity index (χ0v) is 17.0. The molecule has 0 amide bonds. The van der Waals surface area contributed by atoms with Gasteiger partial charge in [-0.3, -0.25) is 9.69 Å². The van der Waals surface area contributed by atoms with E-state index >= 15 is 0 Å². The summed E-state index contributed by atoms with van der Waals surface area (Å²) in [4.78, 5) is 22.4. The molecule has 3 rings (SSSR count). The van der Waals surface area contributed by atoms with Crippen molar-refractivity contribution in [2.45, 2.75) is 26.3 Å². The van der Waals surface area contributed by atoms with E-state index in [1.54, 1.807) is 26.4 Å². The highest BCUT2D eigenvalue weighted by atomic mass is 35.5. The summed E-state index contributed by atoms with van der Waals surface area (Å²) in [5, 5.41) is 3.91. The van der Waals surface area contributed by atoms with Crippen LogP contribution in [-0.4, -0.2) is 55.3 Å². The highest BCUT2D eigenvalue weighted by molar-refractivity contribution is 5.85. The lowest BCUT2D eigenvalue weighted by molar-refractivity contribution is 0.203. The van der Waals surface area contributed by atoms with E-state index in [2.05, 4.69) is 27.1 Å². The van der Waals surface area contributed by atoms with Gasteiger partial charge in [0.2, 0.25) is 0 Å². The zero-order chi connectivity index (χ0) is 18.5. The highest BCUT2D eigenvalue weighted by Gasteiger charge is 2.18. The second-order valence-corrected chi connectivity index (χ2v) is 6.76. The molecule has 1 fully saturated rings. The maximum Gasteiger partial charge on any atom is 0.258 e. The minimum absolute atomic E-state index is 0. The lowest BCUT2D eigenvalue weighted by atomic mass is 9.97. The third kappa shape index (κ3) is 5.12. The fourth-order valence-electron chi connectivity index (χ4n) is 3.54. The predicted octanol–water partition coefficient (Wildman–Crippen LogP) is 2.18. The van der Waals surface area contributed by atoms with Gasteiger partial charge in [-0.15, -0.1) is 12.4 Å². The molecule has 150 valence electrons. The molecule has 1 aliphatic rings. The van der Waals surface area contributed by atoms with Crippen LogP contribution in [0.3, 0.4) is 0 Å². The number of H-pyrrole nitrogens is 1. The fraction of sp³-hybridized carbons (Fsp3) is 0.579. The third-order valence-corrected chi connectivity index (χ3v) is 5.06. The van der Waals surface area contributed by atoms with Crippen LogP contribution < -0.4 is 20.3 Å². The molecule has 0 radical (unpaired) electrons. The van der Waals surface area contributed by atoms with Crippen molar-refractivity contribution in [2.24, 2.45) is 5.92 Å². The van der Waals surface area contributed by atoms with Crippen LogP contribution in [0.2, 0.25) is 0 Å². The molecule has 2 heterocycles. The van der Waals surface area contributed by atoms with Gasteiger partial charge in [-0.25, -0.2) is 4.98 Å². The summed E-state index contributed by atoms with van der Waals surface area (Å²) in [6.45, 7) is 6.93. The molecule has 7 nitrogen and oxygen atoms in total. The van der Waals surface area contributed by atoms with Crippen molar-refractivity contribution < 1.29 is 9.47 Å². The molecular weight excluding hydrogens is 368 g/mol. The Hall–Kier alpha value is -1.83. The maximum absolute atomic E-state index is 12.5. The summed E-state index contributed by atoms with van der Waals surface area (Å²) in [6, 6.07) is 3.44. The van der Waals surface area contributed by atoms with E-state index in [0.717, 1.165) is 26.2 Å². The van der Waals surface area contributed by atoms with Gasteiger partial charge in [0.05, 0.1) is 31.7 Å². The molecule has 0 unspecified atom stereocenters. The first kappa shape index (κ1) is 21.5. The van der Waals surface area contributed by atoms with Crippen molar-refractivity contribution in [3.05, 3.63) is 28.3 Å². The first-order valence-corrected chi connectivity index (χ1v) is 9.22. The Morgan fingerprint density at radius 1 is 1.19 bits per heavy atom. The first-order valence-electron chi connectivity index (χ1n) is 9.22. The van der Waals surface area contributed by atoms with Crippen molar-refractivity contribution in [2.75, 3.05) is 40.4 Å². The van der Waals surface area contributed by atoms with E-state index in [1.165, 1.54) is 12.8 Å². The summed E-state index contributed by atoms with van der Waals surface area (Å²) in [5.41, 5.74) is 0.475. The summed E-state index contributed by atoms with van der Waals surface area (Å²) in [5.74, 6) is 2.49. The monoisotopic (exact) mass is 396 g/mol. The van der Waals surface area contributed by atoms with Crippen molar-refractivity contribution >= 4 is 23.3 Å². The number of aromatic nitrogens is 2. The second kappa shape index (κ2) is 9.92. The molecular formula is C19H29ClN4O3. The van der Waals surface area contributed by atoms with Gasteiger partial charge in [-0.1, -0.05) is 6.92 Å². The SMILES string of the molecule is CCN(Cc1nc2cc(OC)c(OC)cc2c(=O)[nH]1)CC1CCNCC1.Cl. The molecule has 0 bridgehead atoms. The van der Waals surface area contributed by atoms with Crippen LogP contribution in [0.5, 0.6) is 11.5 Å².